The predicted molar refractivity (Wildman–Crippen MR) is 133 cm³/mol. The molecule has 2 heterocycles. The number of ketones is 1. The Morgan fingerprint density at radius 3 is 2.24 bits per heavy atom. The van der Waals surface area contributed by atoms with Gasteiger partial charge in [0.25, 0.3) is 0 Å². The number of piperazine rings is 1. The van der Waals surface area contributed by atoms with Crippen molar-refractivity contribution in [1.82, 2.24) is 9.80 Å². The van der Waals surface area contributed by atoms with Gasteiger partial charge in [-0.2, -0.15) is 0 Å². The van der Waals surface area contributed by atoms with Gasteiger partial charge in [-0.3, -0.25) is 19.4 Å². The first-order valence-corrected chi connectivity index (χ1v) is 12.4. The Morgan fingerprint density at radius 1 is 1.00 bits per heavy atom. The minimum absolute atomic E-state index is 0.141. The van der Waals surface area contributed by atoms with Gasteiger partial charge in [0.15, 0.2) is 5.78 Å². The lowest BCUT2D eigenvalue weighted by Crippen LogP contribution is -2.48. The Labute approximate surface area is 204 Å². The maximum Gasteiger partial charge on any atom is 0.341 e. The average molecular weight is 488 g/mol. The van der Waals surface area contributed by atoms with Crippen LogP contribution in [-0.2, 0) is 16.1 Å². The topological polar surface area (TPSA) is 88.2 Å². The van der Waals surface area contributed by atoms with E-state index in [9.17, 15) is 14.4 Å². The number of nitrogens with one attached hydrogen (secondary N) is 1. The first-order chi connectivity index (χ1) is 16.3. The average Bonchev–Trinajstić information content (AvgIpc) is 3.12. The van der Waals surface area contributed by atoms with Crippen LogP contribution in [0.5, 0.6) is 5.75 Å². The Morgan fingerprint density at radius 2 is 1.65 bits per heavy atom. The third-order valence-corrected chi connectivity index (χ3v) is 6.98. The van der Waals surface area contributed by atoms with E-state index in [1.807, 2.05) is 19.1 Å². The van der Waals surface area contributed by atoms with Crippen molar-refractivity contribution >= 4 is 34.0 Å². The summed E-state index contributed by atoms with van der Waals surface area (Å²) in [6, 6.07) is 8.16. The third kappa shape index (κ3) is 6.65. The van der Waals surface area contributed by atoms with E-state index in [2.05, 4.69) is 27.2 Å². The van der Waals surface area contributed by atoms with Gasteiger partial charge in [0.1, 0.15) is 10.8 Å². The van der Waals surface area contributed by atoms with E-state index in [0.29, 0.717) is 22.0 Å². The molecule has 9 heteroatoms. The summed E-state index contributed by atoms with van der Waals surface area (Å²) in [6.45, 7) is 12.1. The Bertz CT molecular complexity index is 1010. The van der Waals surface area contributed by atoms with Crippen LogP contribution >= 0.6 is 11.3 Å². The predicted octanol–water partition coefficient (Wildman–Crippen LogP) is 3.59. The normalized spacial score (nSPS) is 14.6. The number of thiophene rings is 1. The van der Waals surface area contributed by atoms with E-state index in [0.717, 1.165) is 49.8 Å². The van der Waals surface area contributed by atoms with Gasteiger partial charge >= 0.3 is 5.97 Å². The molecule has 1 saturated heterocycles. The minimum Gasteiger partial charge on any atom is -0.494 e. The Balaban J connectivity index is 1.54. The van der Waals surface area contributed by atoms with E-state index in [-0.39, 0.29) is 30.4 Å². The van der Waals surface area contributed by atoms with Crippen molar-refractivity contribution in [2.24, 2.45) is 0 Å². The lowest BCUT2D eigenvalue weighted by molar-refractivity contribution is -0.117. The number of anilines is 1. The van der Waals surface area contributed by atoms with Crippen molar-refractivity contribution in [3.8, 4) is 5.75 Å². The van der Waals surface area contributed by atoms with Crippen LogP contribution in [0, 0.1) is 6.92 Å². The number of carbonyl (C=O) groups excluding carboxylic acids is 3. The summed E-state index contributed by atoms with van der Waals surface area (Å²) in [5.41, 5.74) is 2.05. The fraction of sp³-hybridized carbons (Fsp3) is 0.480. The highest BCUT2D eigenvalue weighted by atomic mass is 32.1. The maximum atomic E-state index is 12.8. The molecule has 0 saturated carbocycles. The van der Waals surface area contributed by atoms with Gasteiger partial charge in [0, 0.05) is 32.7 Å². The third-order valence-electron chi connectivity index (χ3n) is 5.67. The van der Waals surface area contributed by atoms with Crippen molar-refractivity contribution < 1.29 is 23.9 Å². The van der Waals surface area contributed by atoms with Gasteiger partial charge in [0.2, 0.25) is 5.91 Å². The van der Waals surface area contributed by atoms with E-state index in [4.69, 9.17) is 9.47 Å². The fourth-order valence-electron chi connectivity index (χ4n) is 3.98. The first kappa shape index (κ1) is 25.9. The van der Waals surface area contributed by atoms with Gasteiger partial charge in [-0.05, 0) is 51.0 Å². The number of carbonyl (C=O) groups is 3. The molecular formula is C25H33N3O5S. The molecule has 34 heavy (non-hydrogen) atoms. The zero-order valence-electron chi connectivity index (χ0n) is 20.3. The highest BCUT2D eigenvalue weighted by molar-refractivity contribution is 7.18. The van der Waals surface area contributed by atoms with E-state index in [1.54, 1.807) is 13.8 Å². The van der Waals surface area contributed by atoms with Gasteiger partial charge in [-0.15, -0.1) is 11.3 Å². The standard InChI is InChI=1S/C25H33N3O5S/c1-5-32-20-9-7-19(8-10-20)15-27-11-13-28(14-12-27)16-21(30)26-24-22(25(31)33-6-2)17(3)23(34-24)18(4)29/h7-10H,5-6,11-16H2,1-4H3,(H,26,30). The van der Waals surface area contributed by atoms with Crippen LogP contribution in [-0.4, -0.2) is 73.4 Å². The van der Waals surface area contributed by atoms with Gasteiger partial charge < -0.3 is 14.8 Å². The molecule has 1 amide bonds. The lowest BCUT2D eigenvalue weighted by atomic mass is 10.1. The molecule has 3 rings (SSSR count). The summed E-state index contributed by atoms with van der Waals surface area (Å²) in [5.74, 6) is 0.00516. The van der Waals surface area contributed by atoms with Crippen LogP contribution in [0.2, 0.25) is 0 Å². The van der Waals surface area contributed by atoms with Crippen LogP contribution in [0.25, 0.3) is 0 Å². The Hall–Kier alpha value is -2.75. The number of nitrogens with zero attached hydrogens (tertiary/aromatic N) is 2. The molecule has 1 aliphatic rings. The molecule has 1 aromatic heterocycles. The summed E-state index contributed by atoms with van der Waals surface area (Å²) < 4.78 is 10.6. The van der Waals surface area contributed by atoms with Crippen molar-refractivity contribution in [3.63, 3.8) is 0 Å². The highest BCUT2D eigenvalue weighted by Crippen LogP contribution is 2.34. The molecule has 0 unspecified atom stereocenters. The number of amides is 1. The second-order valence-corrected chi connectivity index (χ2v) is 9.24. The summed E-state index contributed by atoms with van der Waals surface area (Å²) in [7, 11) is 0. The van der Waals surface area contributed by atoms with Crippen molar-refractivity contribution in [2.45, 2.75) is 34.2 Å². The molecule has 0 bridgehead atoms. The number of ether oxygens (including phenoxy) is 2. The largest absolute Gasteiger partial charge is 0.494 e. The van der Waals surface area contributed by atoms with E-state index >= 15 is 0 Å². The van der Waals surface area contributed by atoms with Crippen molar-refractivity contribution in [2.75, 3.05) is 51.3 Å². The second kappa shape index (κ2) is 12.1. The molecule has 0 atom stereocenters. The molecule has 8 nitrogen and oxygen atoms in total. The molecule has 0 aliphatic carbocycles. The van der Waals surface area contributed by atoms with Crippen molar-refractivity contribution in [1.29, 1.82) is 0 Å². The summed E-state index contributed by atoms with van der Waals surface area (Å²) in [5, 5.41) is 3.21. The van der Waals surface area contributed by atoms with Gasteiger partial charge in [0.05, 0.1) is 30.2 Å². The molecule has 1 N–H and O–H groups in total. The van der Waals surface area contributed by atoms with E-state index < -0.39 is 5.97 Å². The molecule has 1 aliphatic heterocycles. The monoisotopic (exact) mass is 487 g/mol. The van der Waals surface area contributed by atoms with Crippen LogP contribution in [0.1, 0.15) is 51.9 Å². The molecule has 184 valence electrons. The first-order valence-electron chi connectivity index (χ1n) is 11.6. The summed E-state index contributed by atoms with van der Waals surface area (Å²) >= 11 is 1.13. The molecule has 1 fully saturated rings. The number of Topliss-reactive ketones (excluding diaryl/α,β-unsaturated/α-hetero) is 1. The molecule has 1 aromatic carbocycles. The fourth-order valence-corrected chi connectivity index (χ4v) is 5.08. The lowest BCUT2D eigenvalue weighted by Gasteiger charge is -2.34. The van der Waals surface area contributed by atoms with Crippen LogP contribution in [0.3, 0.4) is 0 Å². The Kier molecular flexibility index (Phi) is 9.20. The number of esters is 1. The molecular weight excluding hydrogens is 454 g/mol. The smallest absolute Gasteiger partial charge is 0.341 e. The highest BCUT2D eigenvalue weighted by Gasteiger charge is 2.26. The maximum absolute atomic E-state index is 12.8. The second-order valence-electron chi connectivity index (χ2n) is 8.21. The summed E-state index contributed by atoms with van der Waals surface area (Å²) in [4.78, 5) is 42.1. The number of rotatable bonds is 10. The number of hydrogen-bond acceptors (Lipinski definition) is 8. The number of benzene rings is 1. The molecule has 0 spiro atoms. The molecule has 2 aromatic rings. The van der Waals surface area contributed by atoms with Crippen LogP contribution < -0.4 is 10.1 Å². The molecule has 0 radical (unpaired) electrons. The van der Waals surface area contributed by atoms with Gasteiger partial charge in [-0.1, -0.05) is 12.1 Å². The van der Waals surface area contributed by atoms with Crippen LogP contribution in [0.4, 0.5) is 5.00 Å². The minimum atomic E-state index is -0.526. The zero-order chi connectivity index (χ0) is 24.7. The summed E-state index contributed by atoms with van der Waals surface area (Å²) in [6.07, 6.45) is 0. The van der Waals surface area contributed by atoms with E-state index in [1.165, 1.54) is 12.5 Å². The SMILES string of the molecule is CCOC(=O)c1c(NC(=O)CN2CCN(Cc3ccc(OCC)cc3)CC2)sc(C(C)=O)c1C. The quantitative estimate of drug-likeness (QED) is 0.405. The van der Waals surface area contributed by atoms with Crippen molar-refractivity contribution in [3.05, 3.63) is 45.8 Å². The number of hydrogen-bond donors (Lipinski definition) is 1. The zero-order valence-corrected chi connectivity index (χ0v) is 21.1. The van der Waals surface area contributed by atoms with Gasteiger partial charge in [-0.25, -0.2) is 4.79 Å². The van der Waals surface area contributed by atoms with Crippen LogP contribution in [0.15, 0.2) is 24.3 Å².